The van der Waals surface area contributed by atoms with Gasteiger partial charge in [-0.3, -0.25) is 9.69 Å². The van der Waals surface area contributed by atoms with E-state index in [0.717, 1.165) is 22.4 Å². The highest BCUT2D eigenvalue weighted by atomic mass is 16.3. The number of carbonyl (C=O) groups is 1. The van der Waals surface area contributed by atoms with Gasteiger partial charge in [-0.25, -0.2) is 0 Å². The molecule has 0 fully saturated rings. The van der Waals surface area contributed by atoms with E-state index in [0.29, 0.717) is 0 Å². The first-order chi connectivity index (χ1) is 12.3. The highest BCUT2D eigenvalue weighted by Crippen LogP contribution is 2.43. The van der Waals surface area contributed by atoms with Gasteiger partial charge in [0.25, 0.3) is 0 Å². The van der Waals surface area contributed by atoms with Crippen molar-refractivity contribution < 1.29 is 9.90 Å². The summed E-state index contributed by atoms with van der Waals surface area (Å²) in [5.74, 6) is -0.549. The third kappa shape index (κ3) is 2.63. The molecule has 1 unspecified atom stereocenters. The summed E-state index contributed by atoms with van der Waals surface area (Å²) >= 11 is 0. The summed E-state index contributed by atoms with van der Waals surface area (Å²) in [7, 11) is 0. The number of benzene rings is 3. The summed E-state index contributed by atoms with van der Waals surface area (Å²) in [6.45, 7) is -0.178. The zero-order valence-corrected chi connectivity index (χ0v) is 13.7. The molecule has 1 aliphatic rings. The molecule has 0 aliphatic carbocycles. The Kier molecular flexibility index (Phi) is 4.08. The molecule has 0 aromatic heterocycles. The van der Waals surface area contributed by atoms with Crippen molar-refractivity contribution in [2.24, 2.45) is 0 Å². The van der Waals surface area contributed by atoms with E-state index in [1.807, 2.05) is 89.8 Å². The summed E-state index contributed by atoms with van der Waals surface area (Å²) in [5, 5.41) is 9.78. The quantitative estimate of drug-likeness (QED) is 0.789. The van der Waals surface area contributed by atoms with Crippen molar-refractivity contribution >= 4 is 11.6 Å². The first kappa shape index (κ1) is 15.6. The number of hydrogen-bond donors (Lipinski definition) is 1. The van der Waals surface area contributed by atoms with Crippen LogP contribution in [-0.4, -0.2) is 17.6 Å². The lowest BCUT2D eigenvalue weighted by atomic mass is 9.97. The van der Waals surface area contributed by atoms with E-state index in [9.17, 15) is 9.90 Å². The van der Waals surface area contributed by atoms with Gasteiger partial charge in [-0.2, -0.15) is 0 Å². The Morgan fingerprint density at radius 1 is 0.800 bits per heavy atom. The predicted octanol–water partition coefficient (Wildman–Crippen LogP) is 3.90. The normalized spacial score (nSPS) is 16.3. The summed E-state index contributed by atoms with van der Waals surface area (Å²) in [6.07, 6.45) is 0. The molecule has 3 aromatic carbocycles. The number of amides is 1. The van der Waals surface area contributed by atoms with Gasteiger partial charge in [0, 0.05) is 5.69 Å². The number of aliphatic hydroxyl groups is 1. The lowest BCUT2D eigenvalue weighted by molar-refractivity contribution is -0.120. The zero-order valence-electron chi connectivity index (χ0n) is 13.7. The van der Waals surface area contributed by atoms with Crippen molar-refractivity contribution in [2.45, 2.75) is 12.0 Å². The number of para-hydroxylation sites is 1. The van der Waals surface area contributed by atoms with Gasteiger partial charge >= 0.3 is 0 Å². The molecular formula is C22H19NO2. The topological polar surface area (TPSA) is 40.5 Å². The summed E-state index contributed by atoms with van der Waals surface area (Å²) in [5.41, 5.74) is 3.88. The monoisotopic (exact) mass is 329 g/mol. The number of nitrogens with zero attached hydrogens (tertiary/aromatic N) is 1. The minimum Gasteiger partial charge on any atom is -0.395 e. The Labute approximate surface area is 147 Å². The average molecular weight is 329 g/mol. The minimum atomic E-state index is -0.494. The molecule has 3 aromatic rings. The van der Waals surface area contributed by atoms with Gasteiger partial charge in [0.1, 0.15) is 0 Å². The van der Waals surface area contributed by atoms with Crippen molar-refractivity contribution in [3.8, 4) is 0 Å². The molecule has 0 saturated carbocycles. The van der Waals surface area contributed by atoms with E-state index in [1.54, 1.807) is 0 Å². The number of carbonyl (C=O) groups excluding carboxylic acids is 1. The van der Waals surface area contributed by atoms with Crippen LogP contribution in [0.2, 0.25) is 0 Å². The fourth-order valence-corrected chi connectivity index (χ4v) is 3.63. The van der Waals surface area contributed by atoms with Gasteiger partial charge < -0.3 is 5.11 Å². The van der Waals surface area contributed by atoms with Crippen LogP contribution >= 0.6 is 0 Å². The SMILES string of the molecule is O=C1C(CO)c2ccccc2N1C(c1ccccc1)c1ccccc1. The Morgan fingerprint density at radius 2 is 1.32 bits per heavy atom. The summed E-state index contributed by atoms with van der Waals surface area (Å²) in [4.78, 5) is 15.0. The number of anilines is 1. The van der Waals surface area contributed by atoms with E-state index in [2.05, 4.69) is 0 Å². The molecule has 1 amide bonds. The molecule has 1 N–H and O–H groups in total. The molecule has 1 atom stereocenters. The van der Waals surface area contributed by atoms with Crippen molar-refractivity contribution in [3.05, 3.63) is 102 Å². The molecule has 0 bridgehead atoms. The number of aliphatic hydroxyl groups excluding tert-OH is 1. The summed E-state index contributed by atoms with van der Waals surface area (Å²) < 4.78 is 0. The van der Waals surface area contributed by atoms with Crippen molar-refractivity contribution in [2.75, 3.05) is 11.5 Å². The van der Waals surface area contributed by atoms with E-state index >= 15 is 0 Å². The number of hydrogen-bond acceptors (Lipinski definition) is 2. The zero-order chi connectivity index (χ0) is 17.2. The first-order valence-corrected chi connectivity index (χ1v) is 8.44. The Hall–Kier alpha value is -2.91. The van der Waals surface area contributed by atoms with E-state index in [-0.39, 0.29) is 18.6 Å². The fourth-order valence-electron chi connectivity index (χ4n) is 3.63. The van der Waals surface area contributed by atoms with E-state index in [1.165, 1.54) is 0 Å². The highest BCUT2D eigenvalue weighted by Gasteiger charge is 2.41. The van der Waals surface area contributed by atoms with Crippen LogP contribution in [0.15, 0.2) is 84.9 Å². The molecule has 3 nitrogen and oxygen atoms in total. The van der Waals surface area contributed by atoms with Gasteiger partial charge in [-0.1, -0.05) is 78.9 Å². The van der Waals surface area contributed by atoms with Gasteiger partial charge in [0.05, 0.1) is 18.6 Å². The molecule has 4 rings (SSSR count). The van der Waals surface area contributed by atoms with Gasteiger partial charge in [0.2, 0.25) is 5.91 Å². The van der Waals surface area contributed by atoms with Crippen LogP contribution in [0.3, 0.4) is 0 Å². The molecule has 25 heavy (non-hydrogen) atoms. The molecule has 3 heteroatoms. The van der Waals surface area contributed by atoms with Crippen LogP contribution in [0.1, 0.15) is 28.7 Å². The lowest BCUT2D eigenvalue weighted by Gasteiger charge is -2.30. The molecule has 0 saturated heterocycles. The molecule has 1 heterocycles. The second kappa shape index (κ2) is 6.54. The Bertz CT molecular complexity index is 837. The number of rotatable bonds is 4. The second-order valence-electron chi connectivity index (χ2n) is 6.23. The smallest absolute Gasteiger partial charge is 0.237 e. The van der Waals surface area contributed by atoms with Crippen molar-refractivity contribution in [1.29, 1.82) is 0 Å². The maximum absolute atomic E-state index is 13.1. The van der Waals surface area contributed by atoms with Crippen LogP contribution in [0, 0.1) is 0 Å². The average Bonchev–Trinajstić information content (AvgIpc) is 2.95. The van der Waals surface area contributed by atoms with Crippen LogP contribution in [0.4, 0.5) is 5.69 Å². The molecule has 1 aliphatic heterocycles. The Balaban J connectivity index is 1.90. The van der Waals surface area contributed by atoms with Crippen LogP contribution in [-0.2, 0) is 4.79 Å². The number of fused-ring (bicyclic) bond motifs is 1. The van der Waals surface area contributed by atoms with E-state index < -0.39 is 5.92 Å². The largest absolute Gasteiger partial charge is 0.395 e. The fraction of sp³-hybridized carbons (Fsp3) is 0.136. The lowest BCUT2D eigenvalue weighted by Crippen LogP contribution is -2.34. The third-order valence-corrected chi connectivity index (χ3v) is 4.78. The predicted molar refractivity (Wildman–Crippen MR) is 98.5 cm³/mol. The van der Waals surface area contributed by atoms with Gasteiger partial charge in [-0.15, -0.1) is 0 Å². The van der Waals surface area contributed by atoms with Crippen LogP contribution in [0.5, 0.6) is 0 Å². The van der Waals surface area contributed by atoms with Gasteiger partial charge in [-0.05, 0) is 22.8 Å². The van der Waals surface area contributed by atoms with Crippen molar-refractivity contribution in [3.63, 3.8) is 0 Å². The minimum absolute atomic E-state index is 0.0543. The second-order valence-corrected chi connectivity index (χ2v) is 6.23. The molecule has 124 valence electrons. The van der Waals surface area contributed by atoms with Crippen LogP contribution < -0.4 is 4.90 Å². The third-order valence-electron chi connectivity index (χ3n) is 4.78. The first-order valence-electron chi connectivity index (χ1n) is 8.44. The Morgan fingerprint density at radius 3 is 1.88 bits per heavy atom. The standard InChI is InChI=1S/C22H19NO2/c24-15-19-18-13-7-8-14-20(18)23(22(19)25)21(16-9-3-1-4-10-16)17-11-5-2-6-12-17/h1-14,19,21,24H,15H2. The molecule has 0 radical (unpaired) electrons. The highest BCUT2D eigenvalue weighted by molar-refractivity contribution is 6.06. The summed E-state index contributed by atoms with van der Waals surface area (Å²) in [6, 6.07) is 27.6. The van der Waals surface area contributed by atoms with Crippen molar-refractivity contribution in [1.82, 2.24) is 0 Å². The van der Waals surface area contributed by atoms with E-state index in [4.69, 9.17) is 0 Å². The maximum atomic E-state index is 13.1. The molecule has 0 spiro atoms. The molecular weight excluding hydrogens is 310 g/mol. The van der Waals surface area contributed by atoms with Gasteiger partial charge in [0.15, 0.2) is 0 Å². The maximum Gasteiger partial charge on any atom is 0.237 e. The van der Waals surface area contributed by atoms with Crippen LogP contribution in [0.25, 0.3) is 0 Å².